The average Bonchev–Trinajstić information content (AvgIpc) is 2.69. The van der Waals surface area contributed by atoms with Crippen LogP contribution in [0.1, 0.15) is 27.9 Å². The highest BCUT2D eigenvalue weighted by Gasteiger charge is 2.29. The van der Waals surface area contributed by atoms with Gasteiger partial charge >= 0.3 is 0 Å². The first kappa shape index (κ1) is 18.1. The first-order valence-corrected chi connectivity index (χ1v) is 8.61. The highest BCUT2D eigenvalue weighted by molar-refractivity contribution is 6.01. The predicted octanol–water partition coefficient (Wildman–Crippen LogP) is 3.71. The highest BCUT2D eigenvalue weighted by Crippen LogP contribution is 2.37. The fourth-order valence-corrected chi connectivity index (χ4v) is 3.52. The van der Waals surface area contributed by atoms with Crippen molar-refractivity contribution in [1.82, 2.24) is 0 Å². The smallest absolute Gasteiger partial charge is 0.166 e. The van der Waals surface area contributed by atoms with Crippen LogP contribution in [0.2, 0.25) is 0 Å². The van der Waals surface area contributed by atoms with Crippen molar-refractivity contribution in [3.8, 4) is 23.0 Å². The lowest BCUT2D eigenvalue weighted by Gasteiger charge is -2.25. The first-order chi connectivity index (χ1) is 12.6. The third-order valence-electron chi connectivity index (χ3n) is 4.94. The Hall–Kier alpha value is -2.69. The molecule has 0 radical (unpaired) electrons. The molecule has 0 bridgehead atoms. The number of aryl methyl sites for hydroxylation is 1. The lowest BCUT2D eigenvalue weighted by atomic mass is 9.79. The maximum Gasteiger partial charge on any atom is 0.166 e. The number of hydrogen-bond acceptors (Lipinski definition) is 5. The van der Waals surface area contributed by atoms with Gasteiger partial charge in [0.2, 0.25) is 0 Å². The van der Waals surface area contributed by atoms with Gasteiger partial charge in [-0.1, -0.05) is 6.07 Å². The molecular formula is C21H24O5. The van der Waals surface area contributed by atoms with E-state index in [2.05, 4.69) is 0 Å². The van der Waals surface area contributed by atoms with E-state index in [0.29, 0.717) is 29.4 Å². The van der Waals surface area contributed by atoms with Gasteiger partial charge in [0, 0.05) is 11.5 Å². The maximum absolute atomic E-state index is 13.0. The molecule has 0 fully saturated rings. The minimum absolute atomic E-state index is 0.0568. The molecule has 3 rings (SSSR count). The first-order valence-electron chi connectivity index (χ1n) is 8.61. The molecule has 1 atom stereocenters. The lowest BCUT2D eigenvalue weighted by molar-refractivity contribution is 0.0900. The van der Waals surface area contributed by atoms with Crippen molar-refractivity contribution in [2.75, 3.05) is 28.4 Å². The van der Waals surface area contributed by atoms with Crippen molar-refractivity contribution < 1.29 is 23.7 Å². The summed E-state index contributed by atoms with van der Waals surface area (Å²) in [6, 6.07) is 9.52. The number of ether oxygens (including phenoxy) is 4. The Morgan fingerprint density at radius 3 is 2.12 bits per heavy atom. The summed E-state index contributed by atoms with van der Waals surface area (Å²) in [7, 11) is 6.41. The number of benzene rings is 2. The molecule has 0 aromatic heterocycles. The van der Waals surface area contributed by atoms with Crippen LogP contribution < -0.4 is 18.9 Å². The summed E-state index contributed by atoms with van der Waals surface area (Å²) in [4.78, 5) is 13.0. The van der Waals surface area contributed by atoms with Crippen LogP contribution in [-0.2, 0) is 12.8 Å². The van der Waals surface area contributed by atoms with E-state index < -0.39 is 0 Å². The third-order valence-corrected chi connectivity index (χ3v) is 4.94. The van der Waals surface area contributed by atoms with Crippen LogP contribution in [0.4, 0.5) is 0 Å². The number of hydrogen-bond donors (Lipinski definition) is 0. The van der Waals surface area contributed by atoms with Crippen LogP contribution in [0.25, 0.3) is 0 Å². The SMILES string of the molecule is COc1ccc(CC2CCc3cc(OC)c(OC)cc3C2=O)cc1OC. The molecule has 0 saturated carbocycles. The van der Waals surface area contributed by atoms with Gasteiger partial charge in [0.05, 0.1) is 28.4 Å². The fraction of sp³-hybridized carbons (Fsp3) is 0.381. The van der Waals surface area contributed by atoms with Crippen molar-refractivity contribution >= 4 is 5.78 Å². The molecule has 0 heterocycles. The van der Waals surface area contributed by atoms with E-state index in [1.165, 1.54) is 0 Å². The summed E-state index contributed by atoms with van der Waals surface area (Å²) in [5, 5.41) is 0. The Kier molecular flexibility index (Phi) is 5.35. The van der Waals surface area contributed by atoms with Gasteiger partial charge in [0.15, 0.2) is 28.8 Å². The summed E-state index contributed by atoms with van der Waals surface area (Å²) < 4.78 is 21.3. The fourth-order valence-electron chi connectivity index (χ4n) is 3.52. The Morgan fingerprint density at radius 1 is 0.846 bits per heavy atom. The van der Waals surface area contributed by atoms with Crippen molar-refractivity contribution in [3.63, 3.8) is 0 Å². The normalized spacial score (nSPS) is 16.0. The predicted molar refractivity (Wildman–Crippen MR) is 98.9 cm³/mol. The Balaban J connectivity index is 1.85. The zero-order valence-corrected chi connectivity index (χ0v) is 15.6. The molecule has 0 amide bonds. The van der Waals surface area contributed by atoms with Gasteiger partial charge in [-0.15, -0.1) is 0 Å². The summed E-state index contributed by atoms with van der Waals surface area (Å²) in [5.41, 5.74) is 2.82. The van der Waals surface area contributed by atoms with Gasteiger partial charge in [-0.05, 0) is 54.7 Å². The lowest BCUT2D eigenvalue weighted by Crippen LogP contribution is -2.24. The van der Waals surface area contributed by atoms with Gasteiger partial charge in [0.25, 0.3) is 0 Å². The zero-order valence-electron chi connectivity index (χ0n) is 15.6. The van der Waals surface area contributed by atoms with Crippen molar-refractivity contribution in [2.45, 2.75) is 19.3 Å². The van der Waals surface area contributed by atoms with E-state index in [9.17, 15) is 4.79 Å². The van der Waals surface area contributed by atoms with E-state index in [0.717, 1.165) is 29.5 Å². The van der Waals surface area contributed by atoms with E-state index in [4.69, 9.17) is 18.9 Å². The molecule has 2 aromatic rings. The highest BCUT2D eigenvalue weighted by atomic mass is 16.5. The van der Waals surface area contributed by atoms with Crippen LogP contribution in [0, 0.1) is 5.92 Å². The Labute approximate surface area is 153 Å². The van der Waals surface area contributed by atoms with Crippen LogP contribution in [0.5, 0.6) is 23.0 Å². The van der Waals surface area contributed by atoms with E-state index in [1.807, 2.05) is 24.3 Å². The zero-order chi connectivity index (χ0) is 18.7. The minimum atomic E-state index is -0.0568. The number of Topliss-reactive ketones (excluding diaryl/α,β-unsaturated/α-hetero) is 1. The number of fused-ring (bicyclic) bond motifs is 1. The van der Waals surface area contributed by atoms with Crippen molar-refractivity contribution in [1.29, 1.82) is 0 Å². The third kappa shape index (κ3) is 3.34. The molecule has 5 nitrogen and oxygen atoms in total. The quantitative estimate of drug-likeness (QED) is 0.790. The van der Waals surface area contributed by atoms with E-state index in [1.54, 1.807) is 34.5 Å². The summed E-state index contributed by atoms with van der Waals surface area (Å²) in [5.74, 6) is 2.72. The molecule has 0 N–H and O–H groups in total. The molecule has 1 aliphatic carbocycles. The molecule has 138 valence electrons. The van der Waals surface area contributed by atoms with Crippen LogP contribution in [-0.4, -0.2) is 34.2 Å². The van der Waals surface area contributed by atoms with Gasteiger partial charge in [0.1, 0.15) is 0 Å². The monoisotopic (exact) mass is 356 g/mol. The van der Waals surface area contributed by atoms with E-state index in [-0.39, 0.29) is 11.7 Å². The second-order valence-corrected chi connectivity index (χ2v) is 6.36. The van der Waals surface area contributed by atoms with Gasteiger partial charge in [-0.2, -0.15) is 0 Å². The molecule has 1 aliphatic rings. The maximum atomic E-state index is 13.0. The molecule has 5 heteroatoms. The topological polar surface area (TPSA) is 54.0 Å². The standard InChI is InChI=1S/C21H24O5/c1-23-17-8-5-13(10-18(17)24-2)9-15-7-6-14-11-19(25-3)20(26-4)12-16(14)21(15)22/h5,8,10-12,15H,6-7,9H2,1-4H3. The largest absolute Gasteiger partial charge is 0.493 e. The van der Waals surface area contributed by atoms with E-state index >= 15 is 0 Å². The van der Waals surface area contributed by atoms with Crippen LogP contribution in [0.15, 0.2) is 30.3 Å². The van der Waals surface area contributed by atoms with Gasteiger partial charge in [-0.3, -0.25) is 4.79 Å². The van der Waals surface area contributed by atoms with Crippen LogP contribution in [0.3, 0.4) is 0 Å². The minimum Gasteiger partial charge on any atom is -0.493 e. The van der Waals surface area contributed by atoms with Crippen molar-refractivity contribution in [3.05, 3.63) is 47.0 Å². The molecule has 0 aliphatic heterocycles. The second kappa shape index (κ2) is 7.68. The molecule has 1 unspecified atom stereocenters. The molecule has 26 heavy (non-hydrogen) atoms. The van der Waals surface area contributed by atoms with Gasteiger partial charge in [-0.25, -0.2) is 0 Å². The van der Waals surface area contributed by atoms with Crippen molar-refractivity contribution in [2.24, 2.45) is 5.92 Å². The Morgan fingerprint density at radius 2 is 1.46 bits per heavy atom. The summed E-state index contributed by atoms with van der Waals surface area (Å²) in [6.45, 7) is 0. The van der Waals surface area contributed by atoms with Gasteiger partial charge < -0.3 is 18.9 Å². The Bertz CT molecular complexity index is 812. The second-order valence-electron chi connectivity index (χ2n) is 6.36. The summed E-state index contributed by atoms with van der Waals surface area (Å²) >= 11 is 0. The molecule has 0 saturated heterocycles. The number of ketones is 1. The molecule has 0 spiro atoms. The number of carbonyl (C=O) groups excluding carboxylic acids is 1. The number of rotatable bonds is 6. The molecular weight excluding hydrogens is 332 g/mol. The average molecular weight is 356 g/mol. The summed E-state index contributed by atoms with van der Waals surface area (Å²) in [6.07, 6.45) is 2.34. The number of carbonyl (C=O) groups is 1. The number of methoxy groups -OCH3 is 4. The van der Waals surface area contributed by atoms with Crippen LogP contribution >= 0.6 is 0 Å². The molecule has 2 aromatic carbocycles.